The normalized spacial score (nSPS) is 21.2. The number of carbonyl (C=O) groups excluding carboxylic acids is 5. The van der Waals surface area contributed by atoms with E-state index in [-0.39, 0.29) is 41.8 Å². The molecule has 3 aliphatic heterocycles. The first-order chi connectivity index (χ1) is 27.6. The topological polar surface area (TPSA) is 201 Å². The summed E-state index contributed by atoms with van der Waals surface area (Å²) < 4.78 is 8.85. The van der Waals surface area contributed by atoms with Crippen molar-refractivity contribution in [2.24, 2.45) is 0 Å². The zero-order valence-electron chi connectivity index (χ0n) is 32.9. The molecule has 304 valence electrons. The molecule has 0 radical (unpaired) electrons. The molecule has 0 bridgehead atoms. The molecule has 1 unspecified atom stereocenters. The molecule has 19 heteroatoms. The number of likely N-dealkylation sites (tertiary alicyclic amines) is 1. The summed E-state index contributed by atoms with van der Waals surface area (Å²) in [5.41, 5.74) is 2.43. The monoisotopic (exact) mass is 812 g/mol. The molecule has 2 aliphatic carbocycles. The Bertz CT molecular complexity index is 2420. The van der Waals surface area contributed by atoms with Crippen molar-refractivity contribution in [3.05, 3.63) is 52.0 Å². The maximum Gasteiger partial charge on any atom is 0.416 e. The van der Waals surface area contributed by atoms with Gasteiger partial charge in [0.1, 0.15) is 28.2 Å². The number of halogens is 1. The van der Waals surface area contributed by atoms with Gasteiger partial charge in [-0.2, -0.15) is 19.2 Å². The molecule has 2 saturated carbocycles. The quantitative estimate of drug-likeness (QED) is 0.133. The summed E-state index contributed by atoms with van der Waals surface area (Å²) in [6, 6.07) is 4.49. The maximum absolute atomic E-state index is 12.9. The predicted molar refractivity (Wildman–Crippen MR) is 215 cm³/mol. The van der Waals surface area contributed by atoms with E-state index in [1.807, 2.05) is 0 Å². The van der Waals surface area contributed by atoms with Crippen LogP contribution in [0.2, 0.25) is 5.15 Å². The van der Waals surface area contributed by atoms with Crippen LogP contribution in [-0.4, -0.2) is 115 Å². The average Bonchev–Trinajstić information content (AvgIpc) is 3.93. The van der Waals surface area contributed by atoms with E-state index < -0.39 is 17.6 Å². The molecule has 58 heavy (non-hydrogen) atoms. The Morgan fingerprint density at radius 1 is 0.879 bits per heavy atom. The molecule has 5 amide bonds. The van der Waals surface area contributed by atoms with Gasteiger partial charge in [0.15, 0.2) is 11.3 Å². The Labute approximate surface area is 338 Å². The fourth-order valence-electron chi connectivity index (χ4n) is 7.10. The molecule has 4 aromatic heterocycles. The van der Waals surface area contributed by atoms with Crippen LogP contribution in [0.4, 0.5) is 22.2 Å². The zero-order valence-corrected chi connectivity index (χ0v) is 33.7. The first kappa shape index (κ1) is 39.0. The molecule has 5 fully saturated rings. The number of imide groups is 2. The van der Waals surface area contributed by atoms with Crippen molar-refractivity contribution in [2.45, 2.75) is 89.4 Å². The second-order valence-electron chi connectivity index (χ2n) is 16.4. The molecule has 4 aromatic rings. The minimum absolute atomic E-state index is 0.00393. The van der Waals surface area contributed by atoms with Gasteiger partial charge in [0.2, 0.25) is 11.8 Å². The van der Waals surface area contributed by atoms with Gasteiger partial charge < -0.3 is 19.9 Å². The van der Waals surface area contributed by atoms with Crippen LogP contribution in [0.3, 0.4) is 0 Å². The highest BCUT2D eigenvalue weighted by Gasteiger charge is 2.38. The Balaban J connectivity index is 0.000000162. The fourth-order valence-corrected chi connectivity index (χ4v) is 7.28. The van der Waals surface area contributed by atoms with Crippen molar-refractivity contribution in [3.63, 3.8) is 0 Å². The number of ether oxygens (including phenoxy) is 1. The van der Waals surface area contributed by atoms with Crippen molar-refractivity contribution in [1.29, 1.82) is 0 Å². The second-order valence-corrected chi connectivity index (χ2v) is 16.8. The first-order valence-corrected chi connectivity index (χ1v) is 19.7. The van der Waals surface area contributed by atoms with Crippen LogP contribution in [0.15, 0.2) is 35.7 Å². The minimum atomic E-state index is -0.651. The van der Waals surface area contributed by atoms with Gasteiger partial charge in [0.25, 0.3) is 11.8 Å². The van der Waals surface area contributed by atoms with Gasteiger partial charge in [-0.05, 0) is 78.6 Å². The number of rotatable bonds is 8. The van der Waals surface area contributed by atoms with E-state index >= 15 is 0 Å². The van der Waals surface area contributed by atoms with E-state index in [1.165, 1.54) is 10.7 Å². The van der Waals surface area contributed by atoms with Crippen LogP contribution in [-0.2, 0) is 23.9 Å². The third-order valence-electron chi connectivity index (χ3n) is 10.3. The summed E-state index contributed by atoms with van der Waals surface area (Å²) in [7, 11) is 4.22. The average molecular weight is 813 g/mol. The largest absolute Gasteiger partial charge is 0.443 e. The number of fused-ring (bicyclic) bond motifs is 2. The summed E-state index contributed by atoms with van der Waals surface area (Å²) in [5, 5.41) is 17.1. The van der Waals surface area contributed by atoms with Crippen molar-refractivity contribution in [3.8, 4) is 0 Å². The molecule has 0 aromatic carbocycles. The van der Waals surface area contributed by atoms with Gasteiger partial charge in [0.05, 0.1) is 25.2 Å². The lowest BCUT2D eigenvalue weighted by Gasteiger charge is -2.27. The van der Waals surface area contributed by atoms with Crippen LogP contribution in [0.25, 0.3) is 23.4 Å². The van der Waals surface area contributed by atoms with Gasteiger partial charge in [-0.25, -0.2) is 14.8 Å². The lowest BCUT2D eigenvalue weighted by atomic mass is 10.1. The summed E-state index contributed by atoms with van der Waals surface area (Å²) in [5.74, 6) is 0.823. The van der Waals surface area contributed by atoms with Gasteiger partial charge >= 0.3 is 6.09 Å². The Kier molecular flexibility index (Phi) is 10.2. The number of nitrogens with one attached hydrogen (secondary N) is 3. The van der Waals surface area contributed by atoms with Crippen molar-refractivity contribution in [2.75, 3.05) is 42.3 Å². The molecule has 0 spiro atoms. The van der Waals surface area contributed by atoms with Crippen molar-refractivity contribution >= 4 is 82.2 Å². The number of likely N-dealkylation sites (N-methyl/N-ethyl adjacent to an activating group) is 2. The number of aromatic nitrogens is 6. The summed E-state index contributed by atoms with van der Waals surface area (Å²) in [4.78, 5) is 75.0. The number of hydrogen-bond acceptors (Lipinski definition) is 13. The molecular formula is C39H45ClN12O6. The van der Waals surface area contributed by atoms with Gasteiger partial charge in [-0.3, -0.25) is 34.7 Å². The third-order valence-corrected chi connectivity index (χ3v) is 10.5. The van der Waals surface area contributed by atoms with Crippen LogP contribution in [0, 0.1) is 0 Å². The molecule has 3 N–H and O–H groups in total. The first-order valence-electron chi connectivity index (χ1n) is 19.3. The molecule has 9 rings (SSSR count). The standard InChI is InChI=1S/C20H25N7O2.C19H20ClN5O4/c1-25-6-5-15(11-25)26(2)16-9-17(22-14-3-4-14)27-19(23-16)13(10-21-27)7-12-8-18(28)24-20(12)29;1-19(2,3)29-18(28)24(12-4-5-12)15-8-13(20)22-16-11(9-21-25(15)16)6-10-7-14(26)23-17(10)27/h7,9-10,14-15,22H,3-6,8,11H2,1-2H3,(H,24,28,29);6,8-9,12H,4-5,7H2,1-3H3,(H,23,26,27)/b12-7+;10-6+. The van der Waals surface area contributed by atoms with Crippen molar-refractivity contribution in [1.82, 2.24) is 44.7 Å². The molecular weight excluding hydrogens is 768 g/mol. The van der Waals surface area contributed by atoms with Gasteiger partial charge in [-0.1, -0.05) is 11.6 Å². The highest BCUT2D eigenvalue weighted by atomic mass is 35.5. The van der Waals surface area contributed by atoms with E-state index in [2.05, 4.69) is 61.1 Å². The number of nitrogens with zero attached hydrogens (tertiary/aromatic N) is 9. The highest BCUT2D eigenvalue weighted by molar-refractivity contribution is 6.30. The predicted octanol–water partition coefficient (Wildman–Crippen LogP) is 3.59. The molecule has 7 heterocycles. The van der Waals surface area contributed by atoms with E-state index in [0.717, 1.165) is 62.4 Å². The Morgan fingerprint density at radius 2 is 1.48 bits per heavy atom. The van der Waals surface area contributed by atoms with Gasteiger partial charge in [-0.15, -0.1) is 0 Å². The van der Waals surface area contributed by atoms with Gasteiger partial charge in [0, 0.05) is 66.1 Å². The maximum atomic E-state index is 12.9. The van der Waals surface area contributed by atoms with Crippen LogP contribution in [0.5, 0.6) is 0 Å². The van der Waals surface area contributed by atoms with Crippen LogP contribution in [0.1, 0.15) is 76.8 Å². The minimum Gasteiger partial charge on any atom is -0.443 e. The molecule has 18 nitrogen and oxygen atoms in total. The molecule has 3 saturated heterocycles. The summed E-state index contributed by atoms with van der Waals surface area (Å²) in [6.07, 6.45) is 11.2. The van der Waals surface area contributed by atoms with E-state index in [9.17, 15) is 24.0 Å². The number of anilines is 3. The van der Waals surface area contributed by atoms with Crippen molar-refractivity contribution < 1.29 is 28.7 Å². The van der Waals surface area contributed by atoms with E-state index in [4.69, 9.17) is 21.3 Å². The summed E-state index contributed by atoms with van der Waals surface area (Å²) in [6.45, 7) is 7.50. The van der Waals surface area contributed by atoms with E-state index in [0.29, 0.717) is 45.9 Å². The summed E-state index contributed by atoms with van der Waals surface area (Å²) >= 11 is 6.24. The smallest absolute Gasteiger partial charge is 0.416 e. The Hall–Kier alpha value is -5.88. The second kappa shape index (κ2) is 15.1. The number of amides is 5. The number of hydrogen-bond donors (Lipinski definition) is 3. The number of carbonyl (C=O) groups is 5. The van der Waals surface area contributed by atoms with Crippen LogP contribution >= 0.6 is 11.6 Å². The third kappa shape index (κ3) is 8.38. The zero-order chi connectivity index (χ0) is 41.0. The lowest BCUT2D eigenvalue weighted by Crippen LogP contribution is -2.39. The highest BCUT2D eigenvalue weighted by Crippen LogP contribution is 2.35. The lowest BCUT2D eigenvalue weighted by molar-refractivity contribution is -0.125. The Morgan fingerprint density at radius 3 is 2.00 bits per heavy atom. The fraction of sp³-hybridized carbons (Fsp3) is 0.462. The van der Waals surface area contributed by atoms with E-state index in [1.54, 1.807) is 54.6 Å². The molecule has 1 atom stereocenters. The van der Waals surface area contributed by atoms with Crippen LogP contribution < -0.4 is 25.8 Å². The molecule has 5 aliphatic rings. The SMILES string of the molecule is CC(C)(C)OC(=O)N(c1cc(Cl)nc2c(/C=C3\CC(=O)NC3=O)cnn12)C1CC1.CN1CCC(N(C)c2cc(NC3CC3)n3ncc(/C=C4\CC(=O)NC4=O)c3n2)C1.